The van der Waals surface area contributed by atoms with E-state index in [-0.39, 0.29) is 37.9 Å². The van der Waals surface area contributed by atoms with Gasteiger partial charge in [0.05, 0.1) is 0 Å². The van der Waals surface area contributed by atoms with Crippen LogP contribution >= 0.6 is 0 Å². The zero-order valence-corrected chi connectivity index (χ0v) is 10.0. The first-order chi connectivity index (χ1) is 4.41. The van der Waals surface area contributed by atoms with Gasteiger partial charge in [0.15, 0.2) is 0 Å². The molecule has 0 spiro atoms. The molecule has 0 saturated carbocycles. The average molecular weight is 369 g/mol. The summed E-state index contributed by atoms with van der Waals surface area (Å²) in [7, 11) is 0. The Bertz CT molecular complexity index is 39.5. The van der Waals surface area contributed by atoms with Gasteiger partial charge in [0.1, 0.15) is 0 Å². The fourth-order valence-corrected chi connectivity index (χ4v) is 0.678. The first-order valence-corrected chi connectivity index (χ1v) is 3.04. The maximum Gasteiger partial charge on any atom is 2.00 e. The number of aliphatic hydroxyl groups is 2. The van der Waals surface area contributed by atoms with Crippen molar-refractivity contribution in [3.8, 4) is 0 Å². The van der Waals surface area contributed by atoms with Crippen LogP contribution < -0.4 is 5.32 Å². The van der Waals surface area contributed by atoms with Crippen molar-refractivity contribution in [2.75, 3.05) is 13.1 Å². The fourth-order valence-electron chi connectivity index (χ4n) is 0.678. The van der Waals surface area contributed by atoms with E-state index >= 15 is 0 Å². The Labute approximate surface area is 85.6 Å². The van der Waals surface area contributed by atoms with Crippen molar-refractivity contribution in [3.05, 3.63) is 13.2 Å². The molecule has 0 unspecified atom stereocenters. The monoisotopic (exact) mass is 369 g/mol. The normalized spacial score (nSPS) is 16.2. The summed E-state index contributed by atoms with van der Waals surface area (Å²) in [6.45, 7) is 2.39. The molecular weight excluding hydrogens is 356 g/mol. The zero-order valence-electron chi connectivity index (χ0n) is 5.88. The number of hydrogen-bond acceptors (Lipinski definition) is 3. The molecule has 1 fully saturated rings. The standard InChI is InChI=1S/C5H10N.CH3O2.U/c1-2-4-6-5-3-1;2-1-3;/h1,6H,2-5H2;1-3H;/q2*-1;+2. The summed E-state index contributed by atoms with van der Waals surface area (Å²) in [5, 5.41) is 17.3. The van der Waals surface area contributed by atoms with Gasteiger partial charge < -0.3 is 22.0 Å². The second-order valence-electron chi connectivity index (χ2n) is 1.73. The molecule has 1 heterocycles. The SMILES string of the molecule is O[CH-]O.[CH-]1CCNCC1.[U+2]. The predicted molar refractivity (Wildman–Crippen MR) is 34.6 cm³/mol. The molecular formula is C6H13NO2U. The van der Waals surface area contributed by atoms with Crippen LogP contribution in [0.15, 0.2) is 0 Å². The van der Waals surface area contributed by atoms with Gasteiger partial charge in [-0.1, -0.05) is 0 Å². The summed E-state index contributed by atoms with van der Waals surface area (Å²) in [5.41, 5.74) is 0. The second-order valence-corrected chi connectivity index (χ2v) is 1.73. The van der Waals surface area contributed by atoms with E-state index in [9.17, 15) is 0 Å². The van der Waals surface area contributed by atoms with Crippen LogP contribution in [0.25, 0.3) is 0 Å². The predicted octanol–water partition coefficient (Wildman–Crippen LogP) is 0.425. The number of aliphatic hydroxyl groups excluding tert-OH is 1. The van der Waals surface area contributed by atoms with Crippen molar-refractivity contribution in [1.82, 2.24) is 5.32 Å². The van der Waals surface area contributed by atoms with Gasteiger partial charge in [-0.3, -0.25) is 0 Å². The van der Waals surface area contributed by atoms with Crippen LogP contribution in [0.1, 0.15) is 12.8 Å². The third kappa shape index (κ3) is 11.7. The van der Waals surface area contributed by atoms with E-state index in [1.165, 1.54) is 25.9 Å². The van der Waals surface area contributed by atoms with Crippen LogP contribution in [0.4, 0.5) is 0 Å². The molecule has 0 aliphatic carbocycles. The Morgan fingerprint density at radius 2 is 1.60 bits per heavy atom. The molecule has 0 radical (unpaired) electrons. The Balaban J connectivity index is 0. The van der Waals surface area contributed by atoms with Gasteiger partial charge >= 0.3 is 31.1 Å². The van der Waals surface area contributed by atoms with E-state index in [0.717, 1.165) is 0 Å². The van der Waals surface area contributed by atoms with Gasteiger partial charge in [-0.15, -0.1) is 6.79 Å². The fraction of sp³-hybridized carbons (Fsp3) is 0.667. The molecule has 3 nitrogen and oxygen atoms in total. The van der Waals surface area contributed by atoms with E-state index in [1.807, 2.05) is 0 Å². The number of rotatable bonds is 0. The molecule has 0 aromatic carbocycles. The first kappa shape index (κ1) is 13.5. The molecule has 10 heavy (non-hydrogen) atoms. The first-order valence-electron chi connectivity index (χ1n) is 3.04. The number of piperidine rings is 1. The zero-order chi connectivity index (χ0) is 6.95. The van der Waals surface area contributed by atoms with Crippen LogP contribution in [0.2, 0.25) is 0 Å². The molecule has 1 aliphatic rings. The van der Waals surface area contributed by atoms with Crippen molar-refractivity contribution >= 4 is 0 Å². The van der Waals surface area contributed by atoms with Gasteiger partial charge in [-0.25, -0.2) is 0 Å². The van der Waals surface area contributed by atoms with Crippen molar-refractivity contribution in [1.29, 1.82) is 0 Å². The molecule has 58 valence electrons. The topological polar surface area (TPSA) is 52.5 Å². The van der Waals surface area contributed by atoms with Crippen LogP contribution in [-0.4, -0.2) is 23.3 Å². The molecule has 0 bridgehead atoms. The minimum atomic E-state index is 0. The van der Waals surface area contributed by atoms with Crippen LogP contribution in [0.5, 0.6) is 0 Å². The Morgan fingerprint density at radius 1 is 1.20 bits per heavy atom. The summed E-state index contributed by atoms with van der Waals surface area (Å²) in [4.78, 5) is 0. The van der Waals surface area contributed by atoms with Crippen LogP contribution in [0, 0.1) is 44.3 Å². The van der Waals surface area contributed by atoms with E-state index in [0.29, 0.717) is 0 Å². The van der Waals surface area contributed by atoms with E-state index in [1.54, 1.807) is 0 Å². The third-order valence-corrected chi connectivity index (χ3v) is 1.05. The summed E-state index contributed by atoms with van der Waals surface area (Å²) in [6, 6.07) is 0. The molecule has 0 atom stereocenters. The maximum atomic E-state index is 7.00. The van der Waals surface area contributed by atoms with Crippen LogP contribution in [0.3, 0.4) is 0 Å². The van der Waals surface area contributed by atoms with Crippen molar-refractivity contribution < 1.29 is 41.3 Å². The molecule has 3 N–H and O–H groups in total. The van der Waals surface area contributed by atoms with Gasteiger partial charge in [-0.05, 0) is 13.1 Å². The Hall–Kier alpha value is 0.932. The van der Waals surface area contributed by atoms with Gasteiger partial charge in [0.25, 0.3) is 0 Å². The second kappa shape index (κ2) is 12.6. The van der Waals surface area contributed by atoms with Gasteiger partial charge in [-0.2, -0.15) is 12.8 Å². The summed E-state index contributed by atoms with van der Waals surface area (Å²) in [5.74, 6) is 0. The minimum Gasteiger partial charge on any atom is -0.539 e. The van der Waals surface area contributed by atoms with Crippen molar-refractivity contribution in [2.24, 2.45) is 0 Å². The van der Waals surface area contributed by atoms with E-state index in [4.69, 9.17) is 10.2 Å². The third-order valence-electron chi connectivity index (χ3n) is 1.05. The van der Waals surface area contributed by atoms with E-state index in [2.05, 4.69) is 11.7 Å². The Kier molecular flexibility index (Phi) is 17.0. The summed E-state index contributed by atoms with van der Waals surface area (Å²) < 4.78 is 0. The van der Waals surface area contributed by atoms with Crippen molar-refractivity contribution in [2.45, 2.75) is 12.8 Å². The van der Waals surface area contributed by atoms with Crippen molar-refractivity contribution in [3.63, 3.8) is 0 Å². The molecule has 1 saturated heterocycles. The molecule has 0 aromatic rings. The number of nitrogens with one attached hydrogen (secondary N) is 1. The Morgan fingerprint density at radius 3 is 1.70 bits per heavy atom. The molecule has 0 aromatic heterocycles. The molecule has 0 amide bonds. The van der Waals surface area contributed by atoms with Gasteiger partial charge in [0.2, 0.25) is 0 Å². The molecule has 1 rings (SSSR count). The summed E-state index contributed by atoms with van der Waals surface area (Å²) in [6.07, 6.45) is 4.86. The van der Waals surface area contributed by atoms with Gasteiger partial charge in [0, 0.05) is 0 Å². The van der Waals surface area contributed by atoms with Crippen LogP contribution in [-0.2, 0) is 0 Å². The maximum absolute atomic E-state index is 7.00. The molecule has 4 heteroatoms. The minimum absolute atomic E-state index is 0. The quantitative estimate of drug-likeness (QED) is 0.543. The largest absolute Gasteiger partial charge is 2.00 e. The molecule has 1 aliphatic heterocycles. The summed E-state index contributed by atoms with van der Waals surface area (Å²) >= 11 is 0. The van der Waals surface area contributed by atoms with E-state index < -0.39 is 0 Å². The average Bonchev–Trinajstić information content (AvgIpc) is 1.93. The smallest absolute Gasteiger partial charge is 0.539 e. The number of hydrogen-bond donors (Lipinski definition) is 3.